The third-order valence-corrected chi connectivity index (χ3v) is 1.93. The Balaban J connectivity index is 2.83. The molecule has 0 bridgehead atoms. The summed E-state index contributed by atoms with van der Waals surface area (Å²) in [6.07, 6.45) is -8.85. The summed E-state index contributed by atoms with van der Waals surface area (Å²) in [5, 5.41) is 44.5. The van der Waals surface area contributed by atoms with Crippen LogP contribution >= 0.6 is 0 Å². The lowest BCUT2D eigenvalue weighted by atomic mass is 9.86. The number of ketones is 1. The monoisotopic (exact) mass is 178 g/mol. The highest BCUT2D eigenvalue weighted by Gasteiger charge is 2.47. The van der Waals surface area contributed by atoms with E-state index in [4.69, 9.17) is 25.5 Å². The van der Waals surface area contributed by atoms with E-state index in [1.54, 1.807) is 0 Å². The smallest absolute Gasteiger partial charge is 0.195 e. The number of Topliss-reactive ketones (excluding diaryl/α,β-unsaturated/α-hetero) is 1. The number of aliphatic hydroxyl groups is 5. The summed E-state index contributed by atoms with van der Waals surface area (Å²) in [5.74, 6) is -1.08. The summed E-state index contributed by atoms with van der Waals surface area (Å²) in [5.41, 5.74) is 0. The molecule has 6 nitrogen and oxygen atoms in total. The van der Waals surface area contributed by atoms with Crippen LogP contribution in [0.3, 0.4) is 0 Å². The molecule has 70 valence electrons. The van der Waals surface area contributed by atoms with Crippen molar-refractivity contribution >= 4 is 5.78 Å². The average molecular weight is 178 g/mol. The molecular formula is C6H10O6. The minimum Gasteiger partial charge on any atom is -0.387 e. The van der Waals surface area contributed by atoms with Gasteiger partial charge in [-0.05, 0) is 0 Å². The molecule has 0 heterocycles. The second-order valence-electron chi connectivity index (χ2n) is 2.76. The SMILES string of the molecule is O=C1[C@@H](O)[C@H](O)[C@@H](O)[C@H](O)[C@H]1O. The molecule has 1 fully saturated rings. The van der Waals surface area contributed by atoms with Crippen molar-refractivity contribution in [3.63, 3.8) is 0 Å². The zero-order valence-electron chi connectivity index (χ0n) is 6.03. The first-order chi connectivity index (χ1) is 5.46. The quantitative estimate of drug-likeness (QED) is 0.261. The van der Waals surface area contributed by atoms with Crippen molar-refractivity contribution in [2.24, 2.45) is 0 Å². The molecule has 5 atom stereocenters. The van der Waals surface area contributed by atoms with Crippen LogP contribution < -0.4 is 0 Å². The van der Waals surface area contributed by atoms with Crippen LogP contribution in [0.1, 0.15) is 0 Å². The third-order valence-electron chi connectivity index (χ3n) is 1.93. The Morgan fingerprint density at radius 1 is 0.750 bits per heavy atom. The van der Waals surface area contributed by atoms with Crippen molar-refractivity contribution in [2.45, 2.75) is 30.5 Å². The maximum absolute atomic E-state index is 10.8. The normalized spacial score (nSPS) is 49.4. The van der Waals surface area contributed by atoms with E-state index in [2.05, 4.69) is 0 Å². The van der Waals surface area contributed by atoms with E-state index < -0.39 is 36.3 Å². The fourth-order valence-corrected chi connectivity index (χ4v) is 1.09. The van der Waals surface area contributed by atoms with Crippen molar-refractivity contribution in [3.05, 3.63) is 0 Å². The Bertz CT molecular complexity index is 174. The van der Waals surface area contributed by atoms with Gasteiger partial charge >= 0.3 is 0 Å². The van der Waals surface area contributed by atoms with Gasteiger partial charge < -0.3 is 25.5 Å². The van der Waals surface area contributed by atoms with E-state index in [0.717, 1.165) is 0 Å². The standard InChI is InChI=1S/C6H10O6/c7-1-2(8)4(10)6(12)5(11)3(1)9/h1-5,7-11H/t1-,2-,3+,4+,5-. The Kier molecular flexibility index (Phi) is 2.45. The van der Waals surface area contributed by atoms with Crippen molar-refractivity contribution in [2.75, 3.05) is 0 Å². The van der Waals surface area contributed by atoms with E-state index in [1.165, 1.54) is 0 Å². The van der Waals surface area contributed by atoms with Gasteiger partial charge in [0, 0.05) is 0 Å². The highest BCUT2D eigenvalue weighted by atomic mass is 16.4. The number of aliphatic hydroxyl groups excluding tert-OH is 5. The van der Waals surface area contributed by atoms with Gasteiger partial charge in [-0.3, -0.25) is 4.79 Å². The molecule has 5 N–H and O–H groups in total. The molecule has 0 aromatic rings. The lowest BCUT2D eigenvalue weighted by Crippen LogP contribution is -2.61. The van der Waals surface area contributed by atoms with E-state index in [1.807, 2.05) is 0 Å². The molecule has 0 aromatic heterocycles. The third kappa shape index (κ3) is 1.23. The number of hydrogen-bond acceptors (Lipinski definition) is 6. The van der Waals surface area contributed by atoms with Gasteiger partial charge in [0.2, 0.25) is 0 Å². The Morgan fingerprint density at radius 3 is 1.42 bits per heavy atom. The number of carbonyl (C=O) groups is 1. The topological polar surface area (TPSA) is 118 Å². The average Bonchev–Trinajstić information content (AvgIpc) is 2.08. The first-order valence-electron chi connectivity index (χ1n) is 3.41. The molecule has 0 aromatic carbocycles. The summed E-state index contributed by atoms with van der Waals surface area (Å²) in [7, 11) is 0. The van der Waals surface area contributed by atoms with Gasteiger partial charge in [0.1, 0.15) is 30.5 Å². The molecule has 1 aliphatic rings. The zero-order valence-corrected chi connectivity index (χ0v) is 6.03. The fraction of sp³-hybridized carbons (Fsp3) is 0.833. The highest BCUT2D eigenvalue weighted by molar-refractivity contribution is 5.89. The van der Waals surface area contributed by atoms with Crippen LogP contribution in [0, 0.1) is 0 Å². The van der Waals surface area contributed by atoms with Gasteiger partial charge in [0.25, 0.3) is 0 Å². The van der Waals surface area contributed by atoms with Gasteiger partial charge in [0.15, 0.2) is 5.78 Å². The van der Waals surface area contributed by atoms with Crippen LogP contribution in [0.5, 0.6) is 0 Å². The van der Waals surface area contributed by atoms with E-state index >= 15 is 0 Å². The van der Waals surface area contributed by atoms with Crippen molar-refractivity contribution in [1.29, 1.82) is 0 Å². The van der Waals surface area contributed by atoms with Crippen molar-refractivity contribution in [1.82, 2.24) is 0 Å². The maximum atomic E-state index is 10.8. The molecule has 0 amide bonds. The minimum atomic E-state index is -1.83. The maximum Gasteiger partial charge on any atom is 0.195 e. The van der Waals surface area contributed by atoms with Crippen LogP contribution in [0.25, 0.3) is 0 Å². The fourth-order valence-electron chi connectivity index (χ4n) is 1.09. The molecule has 12 heavy (non-hydrogen) atoms. The molecule has 0 saturated heterocycles. The van der Waals surface area contributed by atoms with Crippen molar-refractivity contribution < 1.29 is 30.3 Å². The van der Waals surface area contributed by atoms with Crippen molar-refractivity contribution in [3.8, 4) is 0 Å². The number of hydrogen-bond donors (Lipinski definition) is 5. The van der Waals surface area contributed by atoms with Gasteiger partial charge in [-0.15, -0.1) is 0 Å². The van der Waals surface area contributed by atoms with Crippen LogP contribution in [-0.2, 0) is 4.79 Å². The summed E-state index contributed by atoms with van der Waals surface area (Å²) in [4.78, 5) is 10.8. The predicted molar refractivity (Wildman–Crippen MR) is 35.0 cm³/mol. The summed E-state index contributed by atoms with van der Waals surface area (Å²) < 4.78 is 0. The van der Waals surface area contributed by atoms with E-state index in [0.29, 0.717) is 0 Å². The molecule has 0 radical (unpaired) electrons. The molecule has 0 spiro atoms. The van der Waals surface area contributed by atoms with Gasteiger partial charge in [-0.2, -0.15) is 0 Å². The minimum absolute atomic E-state index is 1.08. The van der Waals surface area contributed by atoms with Crippen LogP contribution in [0.2, 0.25) is 0 Å². The molecule has 6 heteroatoms. The summed E-state index contributed by atoms with van der Waals surface area (Å²) in [6, 6.07) is 0. The predicted octanol–water partition coefficient (Wildman–Crippen LogP) is -3.63. The largest absolute Gasteiger partial charge is 0.387 e. The molecular weight excluding hydrogens is 168 g/mol. The summed E-state index contributed by atoms with van der Waals surface area (Å²) in [6.45, 7) is 0. The van der Waals surface area contributed by atoms with Gasteiger partial charge in [-0.1, -0.05) is 0 Å². The van der Waals surface area contributed by atoms with Crippen LogP contribution in [0.15, 0.2) is 0 Å². The Hall–Kier alpha value is -0.530. The van der Waals surface area contributed by atoms with Gasteiger partial charge in [-0.25, -0.2) is 0 Å². The van der Waals surface area contributed by atoms with E-state index in [-0.39, 0.29) is 0 Å². The summed E-state index contributed by atoms with van der Waals surface area (Å²) >= 11 is 0. The van der Waals surface area contributed by atoms with Gasteiger partial charge in [0.05, 0.1) is 0 Å². The zero-order chi connectivity index (χ0) is 9.46. The van der Waals surface area contributed by atoms with Crippen LogP contribution in [0.4, 0.5) is 0 Å². The van der Waals surface area contributed by atoms with Crippen LogP contribution in [-0.4, -0.2) is 61.8 Å². The molecule has 1 saturated carbocycles. The second-order valence-corrected chi connectivity index (χ2v) is 2.76. The molecule has 0 aliphatic heterocycles. The van der Waals surface area contributed by atoms with E-state index in [9.17, 15) is 4.79 Å². The molecule has 1 rings (SSSR count). The second kappa shape index (κ2) is 3.08. The Morgan fingerprint density at radius 2 is 1.08 bits per heavy atom. The lowest BCUT2D eigenvalue weighted by molar-refractivity contribution is -0.185. The first-order valence-corrected chi connectivity index (χ1v) is 3.41. The lowest BCUT2D eigenvalue weighted by Gasteiger charge is -2.34. The first kappa shape index (κ1) is 9.56. The molecule has 0 unspecified atom stereocenters. The highest BCUT2D eigenvalue weighted by Crippen LogP contribution is 2.17. The number of carbonyl (C=O) groups excluding carboxylic acids is 1. The Labute approximate surface area is 67.7 Å². The molecule has 1 aliphatic carbocycles. The number of rotatable bonds is 0.